The Morgan fingerprint density at radius 3 is 2.55 bits per heavy atom. The van der Waals surface area contributed by atoms with E-state index in [0.717, 1.165) is 61.6 Å². The van der Waals surface area contributed by atoms with E-state index in [0.29, 0.717) is 17.5 Å². The van der Waals surface area contributed by atoms with E-state index in [1.807, 2.05) is 41.3 Å². The van der Waals surface area contributed by atoms with Gasteiger partial charge in [0.05, 0.1) is 5.69 Å². The van der Waals surface area contributed by atoms with Gasteiger partial charge in [-0.1, -0.05) is 84.9 Å². The van der Waals surface area contributed by atoms with Crippen molar-refractivity contribution in [3.05, 3.63) is 142 Å². The summed E-state index contributed by atoms with van der Waals surface area (Å²) in [6, 6.07) is 24.8. The van der Waals surface area contributed by atoms with Crippen molar-refractivity contribution in [3.8, 4) is 5.75 Å². The predicted molar refractivity (Wildman–Crippen MR) is 197 cm³/mol. The minimum Gasteiger partial charge on any atom is -0.486 e. The van der Waals surface area contributed by atoms with Crippen LogP contribution in [0.1, 0.15) is 84.7 Å². The maximum absolute atomic E-state index is 12.8. The van der Waals surface area contributed by atoms with Gasteiger partial charge in [0.25, 0.3) is 0 Å². The molecular weight excluding hydrogens is 638 g/mol. The number of benzene rings is 3. The molecule has 3 heterocycles. The zero-order valence-corrected chi connectivity index (χ0v) is 30.3. The molecule has 9 nitrogen and oxygen atoms in total. The molecule has 0 amide bonds. The van der Waals surface area contributed by atoms with Gasteiger partial charge in [0.2, 0.25) is 5.60 Å². The summed E-state index contributed by atoms with van der Waals surface area (Å²) < 4.78 is 8.26. The van der Waals surface area contributed by atoms with Gasteiger partial charge in [-0.2, -0.15) is 0 Å². The van der Waals surface area contributed by atoms with E-state index in [4.69, 9.17) is 4.74 Å². The van der Waals surface area contributed by atoms with Crippen LogP contribution in [0.15, 0.2) is 97.5 Å². The number of aliphatic hydroxyl groups is 1. The normalized spacial score (nSPS) is 16.7. The summed E-state index contributed by atoms with van der Waals surface area (Å²) in [5.41, 5.74) is 4.74. The molecule has 5 aromatic rings. The average Bonchev–Trinajstić information content (AvgIpc) is 3.53. The molecule has 6 rings (SSSR count). The first kappa shape index (κ1) is 35.9. The summed E-state index contributed by atoms with van der Waals surface area (Å²) in [4.78, 5) is 19.6. The molecule has 2 aromatic heterocycles. The molecule has 9 heteroatoms. The minimum absolute atomic E-state index is 0.0974. The van der Waals surface area contributed by atoms with Crippen molar-refractivity contribution in [1.82, 2.24) is 24.9 Å². The van der Waals surface area contributed by atoms with Crippen molar-refractivity contribution >= 4 is 5.97 Å². The molecule has 2 N–H and O–H groups in total. The van der Waals surface area contributed by atoms with Crippen LogP contribution in [0.3, 0.4) is 0 Å². The van der Waals surface area contributed by atoms with Crippen LogP contribution in [-0.2, 0) is 42.9 Å². The first-order chi connectivity index (χ1) is 24.5. The Morgan fingerprint density at radius 2 is 1.80 bits per heavy atom. The van der Waals surface area contributed by atoms with E-state index in [2.05, 4.69) is 73.0 Å². The Morgan fingerprint density at radius 1 is 1.04 bits per heavy atom. The van der Waals surface area contributed by atoms with Crippen molar-refractivity contribution in [2.24, 2.45) is 5.92 Å². The van der Waals surface area contributed by atoms with E-state index in [-0.39, 0.29) is 17.4 Å². The van der Waals surface area contributed by atoms with Crippen LogP contribution in [-0.4, -0.2) is 53.2 Å². The lowest BCUT2D eigenvalue weighted by atomic mass is 9.76. The highest BCUT2D eigenvalue weighted by Gasteiger charge is 2.42. The third-order valence-corrected chi connectivity index (χ3v) is 10.2. The molecule has 0 aliphatic carbocycles. The van der Waals surface area contributed by atoms with Gasteiger partial charge in [-0.05, 0) is 92.7 Å². The molecular formula is C42H49N5O4. The second kappa shape index (κ2) is 15.2. The SMILES string of the molecule is CCn1cc(CCC(c2ccc(C)c(CN3Cc4cnccc4OC(C)(C)C3)c2)C(C)Cc2ccccc2C(O)(C(=O)O)c2ccccc2)nn1. The fourth-order valence-corrected chi connectivity index (χ4v) is 7.55. The number of hydrogen-bond acceptors (Lipinski definition) is 7. The Balaban J connectivity index is 1.33. The van der Waals surface area contributed by atoms with E-state index in [9.17, 15) is 15.0 Å². The molecule has 266 valence electrons. The Bertz CT molecular complexity index is 1960. The lowest BCUT2D eigenvalue weighted by Crippen LogP contribution is -2.40. The molecule has 0 bridgehead atoms. The first-order valence-electron chi connectivity index (χ1n) is 17.9. The predicted octanol–water partition coefficient (Wildman–Crippen LogP) is 7.09. The second-order valence-electron chi connectivity index (χ2n) is 14.6. The molecule has 3 unspecified atom stereocenters. The number of ether oxygens (including phenoxy) is 1. The highest BCUT2D eigenvalue weighted by Crippen LogP contribution is 2.38. The van der Waals surface area contributed by atoms with Gasteiger partial charge in [-0.25, -0.2) is 4.79 Å². The van der Waals surface area contributed by atoms with Crippen LogP contribution < -0.4 is 4.74 Å². The Labute approximate surface area is 300 Å². The Kier molecular flexibility index (Phi) is 10.7. The van der Waals surface area contributed by atoms with Gasteiger partial charge < -0.3 is 14.9 Å². The number of carboxylic acid groups (broad SMARTS) is 1. The quantitative estimate of drug-likeness (QED) is 0.135. The molecule has 0 saturated carbocycles. The van der Waals surface area contributed by atoms with Gasteiger partial charge >= 0.3 is 5.97 Å². The summed E-state index contributed by atoms with van der Waals surface area (Å²) in [6.45, 7) is 13.7. The van der Waals surface area contributed by atoms with Crippen molar-refractivity contribution in [2.45, 2.75) is 90.6 Å². The monoisotopic (exact) mass is 687 g/mol. The number of carbonyl (C=O) groups is 1. The number of hydrogen-bond donors (Lipinski definition) is 2. The molecule has 0 radical (unpaired) electrons. The third kappa shape index (κ3) is 8.05. The first-order valence-corrected chi connectivity index (χ1v) is 17.9. The molecule has 1 aliphatic rings. The Hall–Kier alpha value is -4.86. The van der Waals surface area contributed by atoms with E-state index in [1.165, 1.54) is 16.7 Å². The van der Waals surface area contributed by atoms with Crippen LogP contribution >= 0.6 is 0 Å². The lowest BCUT2D eigenvalue weighted by molar-refractivity contribution is -0.155. The van der Waals surface area contributed by atoms with Crippen LogP contribution in [0.25, 0.3) is 0 Å². The number of carboxylic acids is 1. The standard InChI is InChI=1S/C42H49N5O4/c1-6-47-27-36(44-45-47)18-19-37(30(3)22-32-12-10-11-15-38(32)42(50,40(48)49)35-13-8-7-9-14-35)31-17-16-29(2)33(23-31)25-46-26-34-24-43-21-20-39(34)51-41(4,5)28-46/h7-17,20-21,23-24,27,30,37,50H,6,18-19,22,25-26,28H2,1-5H3,(H,48,49). The van der Waals surface area contributed by atoms with Crippen LogP contribution in [0.2, 0.25) is 0 Å². The summed E-state index contributed by atoms with van der Waals surface area (Å²) in [6.07, 6.45) is 7.87. The molecule has 3 aromatic carbocycles. The number of nitrogens with zero attached hydrogens (tertiary/aromatic N) is 5. The van der Waals surface area contributed by atoms with E-state index >= 15 is 0 Å². The second-order valence-corrected chi connectivity index (χ2v) is 14.6. The molecule has 0 saturated heterocycles. The van der Waals surface area contributed by atoms with Gasteiger partial charge in [0.15, 0.2) is 0 Å². The molecule has 0 fully saturated rings. The minimum atomic E-state index is -2.18. The summed E-state index contributed by atoms with van der Waals surface area (Å²) in [5, 5.41) is 31.0. The average molecular weight is 688 g/mol. The number of rotatable bonds is 13. The topological polar surface area (TPSA) is 114 Å². The molecule has 3 atom stereocenters. The molecule has 51 heavy (non-hydrogen) atoms. The maximum Gasteiger partial charge on any atom is 0.345 e. The number of pyridine rings is 1. The number of aryl methyl sites for hydroxylation is 3. The van der Waals surface area contributed by atoms with Crippen molar-refractivity contribution in [3.63, 3.8) is 0 Å². The molecule has 0 spiro atoms. The van der Waals surface area contributed by atoms with E-state index in [1.54, 1.807) is 42.6 Å². The van der Waals surface area contributed by atoms with Gasteiger partial charge in [0.1, 0.15) is 11.4 Å². The number of aromatic nitrogens is 4. The van der Waals surface area contributed by atoms with Crippen LogP contribution in [0.5, 0.6) is 5.75 Å². The van der Waals surface area contributed by atoms with Gasteiger partial charge in [0, 0.05) is 55.9 Å². The fourth-order valence-electron chi connectivity index (χ4n) is 7.55. The maximum atomic E-state index is 12.8. The smallest absolute Gasteiger partial charge is 0.345 e. The summed E-state index contributed by atoms with van der Waals surface area (Å²) in [5.74, 6) is -0.194. The molecule has 1 aliphatic heterocycles. The van der Waals surface area contributed by atoms with Crippen molar-refractivity contribution < 1.29 is 19.7 Å². The van der Waals surface area contributed by atoms with Gasteiger partial charge in [-0.3, -0.25) is 14.6 Å². The van der Waals surface area contributed by atoms with Crippen molar-refractivity contribution in [2.75, 3.05) is 6.54 Å². The van der Waals surface area contributed by atoms with Crippen LogP contribution in [0, 0.1) is 12.8 Å². The third-order valence-electron chi connectivity index (χ3n) is 10.2. The van der Waals surface area contributed by atoms with Gasteiger partial charge in [-0.15, -0.1) is 5.10 Å². The van der Waals surface area contributed by atoms with Crippen molar-refractivity contribution in [1.29, 1.82) is 0 Å². The zero-order chi connectivity index (χ0) is 36.2. The fraction of sp³-hybridized carbons (Fsp3) is 0.381. The number of aliphatic carboxylic acids is 1. The highest BCUT2D eigenvalue weighted by molar-refractivity contribution is 5.84. The summed E-state index contributed by atoms with van der Waals surface area (Å²) in [7, 11) is 0. The summed E-state index contributed by atoms with van der Waals surface area (Å²) >= 11 is 0. The largest absolute Gasteiger partial charge is 0.486 e. The highest BCUT2D eigenvalue weighted by atomic mass is 16.5. The zero-order valence-electron chi connectivity index (χ0n) is 30.3. The van der Waals surface area contributed by atoms with E-state index < -0.39 is 11.6 Å². The van der Waals surface area contributed by atoms with Crippen LogP contribution in [0.4, 0.5) is 0 Å². The lowest BCUT2D eigenvalue weighted by Gasteiger charge is -2.31. The number of fused-ring (bicyclic) bond motifs is 1.